The Kier molecular flexibility index (Phi) is 3.77. The number of anilines is 2. The number of rotatable bonds is 3. The third-order valence-corrected chi connectivity index (χ3v) is 4.15. The molecule has 0 aliphatic heterocycles. The molecule has 1 amide bonds. The maximum Gasteiger partial charge on any atom is 0.257 e. The Morgan fingerprint density at radius 1 is 1.18 bits per heavy atom. The van der Waals surface area contributed by atoms with E-state index in [2.05, 4.69) is 10.3 Å². The third-order valence-electron chi connectivity index (χ3n) is 3.22. The van der Waals surface area contributed by atoms with Crippen molar-refractivity contribution in [2.75, 3.05) is 24.3 Å². The summed E-state index contributed by atoms with van der Waals surface area (Å²) in [5.41, 5.74) is 2.24. The summed E-state index contributed by atoms with van der Waals surface area (Å²) in [6.07, 6.45) is 0. The molecule has 1 aromatic heterocycles. The minimum atomic E-state index is -0.312. The first kappa shape index (κ1) is 14.5. The second-order valence-electron chi connectivity index (χ2n) is 5.03. The summed E-state index contributed by atoms with van der Waals surface area (Å²) in [6, 6.07) is 11.6. The number of amides is 1. The van der Waals surface area contributed by atoms with Crippen LogP contribution in [0.4, 0.5) is 15.2 Å². The molecule has 1 N–H and O–H groups in total. The summed E-state index contributed by atoms with van der Waals surface area (Å²) < 4.78 is 13.9. The second-order valence-corrected chi connectivity index (χ2v) is 6.06. The number of aromatic nitrogens is 1. The van der Waals surface area contributed by atoms with Crippen LogP contribution in [0.15, 0.2) is 42.5 Å². The lowest BCUT2D eigenvalue weighted by Gasteiger charge is -2.12. The number of nitrogens with one attached hydrogen (secondary N) is 1. The molecule has 0 saturated carbocycles. The zero-order chi connectivity index (χ0) is 15.7. The van der Waals surface area contributed by atoms with Gasteiger partial charge >= 0.3 is 0 Å². The van der Waals surface area contributed by atoms with Crippen molar-refractivity contribution in [2.45, 2.75) is 0 Å². The van der Waals surface area contributed by atoms with Crippen LogP contribution in [0, 0.1) is 5.82 Å². The van der Waals surface area contributed by atoms with Crippen LogP contribution in [0.25, 0.3) is 10.2 Å². The molecule has 3 rings (SSSR count). The molecule has 6 heteroatoms. The van der Waals surface area contributed by atoms with Crippen LogP contribution in [-0.2, 0) is 0 Å². The zero-order valence-corrected chi connectivity index (χ0v) is 12.9. The number of hydrogen-bond donors (Lipinski definition) is 1. The average Bonchev–Trinajstić information content (AvgIpc) is 2.88. The molecule has 0 fully saturated rings. The highest BCUT2D eigenvalue weighted by Crippen LogP contribution is 2.26. The van der Waals surface area contributed by atoms with Crippen molar-refractivity contribution in [1.29, 1.82) is 0 Å². The summed E-state index contributed by atoms with van der Waals surface area (Å²) in [5.74, 6) is -0.543. The van der Waals surface area contributed by atoms with E-state index in [9.17, 15) is 9.18 Å². The lowest BCUT2D eigenvalue weighted by Crippen LogP contribution is -2.13. The number of carbonyl (C=O) groups excluding carboxylic acids is 1. The van der Waals surface area contributed by atoms with Crippen LogP contribution < -0.4 is 10.2 Å². The van der Waals surface area contributed by atoms with Crippen LogP contribution in [-0.4, -0.2) is 25.0 Å². The van der Waals surface area contributed by atoms with Crippen molar-refractivity contribution < 1.29 is 9.18 Å². The Bertz CT molecular complexity index is 827. The van der Waals surface area contributed by atoms with E-state index in [1.807, 2.05) is 31.1 Å². The fourth-order valence-electron chi connectivity index (χ4n) is 2.03. The number of carbonyl (C=O) groups is 1. The van der Waals surface area contributed by atoms with Gasteiger partial charge in [0.25, 0.3) is 5.91 Å². The molecule has 22 heavy (non-hydrogen) atoms. The predicted octanol–water partition coefficient (Wildman–Crippen LogP) is 3.75. The molecule has 0 spiro atoms. The first-order valence-electron chi connectivity index (χ1n) is 6.68. The number of fused-ring (bicyclic) bond motifs is 1. The smallest absolute Gasteiger partial charge is 0.257 e. The van der Waals surface area contributed by atoms with Crippen LogP contribution in [0.5, 0.6) is 0 Å². The van der Waals surface area contributed by atoms with Gasteiger partial charge in [-0.2, -0.15) is 0 Å². The number of nitrogens with zero attached hydrogens (tertiary/aromatic N) is 2. The second kappa shape index (κ2) is 5.73. The summed E-state index contributed by atoms with van der Waals surface area (Å²) >= 11 is 1.25. The van der Waals surface area contributed by atoms with Crippen molar-refractivity contribution in [1.82, 2.24) is 4.98 Å². The number of benzene rings is 2. The maximum absolute atomic E-state index is 13.2. The molecular weight excluding hydrogens is 301 g/mol. The van der Waals surface area contributed by atoms with Crippen LogP contribution in [0.2, 0.25) is 0 Å². The van der Waals surface area contributed by atoms with E-state index in [4.69, 9.17) is 0 Å². The highest BCUT2D eigenvalue weighted by atomic mass is 32.1. The van der Waals surface area contributed by atoms with Crippen LogP contribution >= 0.6 is 11.3 Å². The van der Waals surface area contributed by atoms with Gasteiger partial charge < -0.3 is 4.90 Å². The first-order valence-corrected chi connectivity index (χ1v) is 7.49. The topological polar surface area (TPSA) is 45.2 Å². The van der Waals surface area contributed by atoms with Crippen molar-refractivity contribution in [3.8, 4) is 0 Å². The molecule has 0 aliphatic carbocycles. The quantitative estimate of drug-likeness (QED) is 0.800. The van der Waals surface area contributed by atoms with Gasteiger partial charge in [0.1, 0.15) is 5.82 Å². The highest BCUT2D eigenvalue weighted by Gasteiger charge is 2.10. The molecule has 0 radical (unpaired) electrons. The molecule has 0 unspecified atom stereocenters. The molecule has 4 nitrogen and oxygen atoms in total. The lowest BCUT2D eigenvalue weighted by molar-refractivity contribution is 0.102. The van der Waals surface area contributed by atoms with E-state index in [1.54, 1.807) is 18.2 Å². The van der Waals surface area contributed by atoms with Gasteiger partial charge in [0.2, 0.25) is 0 Å². The molecule has 112 valence electrons. The van der Waals surface area contributed by atoms with Crippen molar-refractivity contribution in [3.63, 3.8) is 0 Å². The fourth-order valence-corrected chi connectivity index (χ4v) is 2.92. The van der Waals surface area contributed by atoms with E-state index in [0.717, 1.165) is 5.69 Å². The van der Waals surface area contributed by atoms with Gasteiger partial charge in [0.05, 0.1) is 10.2 Å². The minimum Gasteiger partial charge on any atom is -0.378 e. The Morgan fingerprint density at radius 3 is 2.59 bits per heavy atom. The lowest BCUT2D eigenvalue weighted by atomic mass is 10.2. The SMILES string of the molecule is CN(C)c1ccc(C(=O)Nc2nc3ccc(F)cc3s2)cc1. The molecule has 1 heterocycles. The first-order chi connectivity index (χ1) is 10.5. The van der Waals surface area contributed by atoms with E-state index >= 15 is 0 Å². The van der Waals surface area contributed by atoms with Gasteiger partial charge in [0, 0.05) is 25.3 Å². The zero-order valence-electron chi connectivity index (χ0n) is 12.1. The Labute approximate surface area is 131 Å². The molecule has 0 saturated heterocycles. The van der Waals surface area contributed by atoms with Crippen LogP contribution in [0.3, 0.4) is 0 Å². The van der Waals surface area contributed by atoms with Crippen molar-refractivity contribution in [3.05, 3.63) is 53.8 Å². The highest BCUT2D eigenvalue weighted by molar-refractivity contribution is 7.22. The summed E-state index contributed by atoms with van der Waals surface area (Å²) in [7, 11) is 3.88. The number of hydrogen-bond acceptors (Lipinski definition) is 4. The number of halogens is 1. The minimum absolute atomic E-state index is 0.232. The maximum atomic E-state index is 13.2. The van der Waals surface area contributed by atoms with E-state index in [-0.39, 0.29) is 11.7 Å². The molecule has 3 aromatic rings. The van der Waals surface area contributed by atoms with E-state index in [1.165, 1.54) is 23.5 Å². The van der Waals surface area contributed by atoms with Gasteiger partial charge in [-0.15, -0.1) is 0 Å². The standard InChI is InChI=1S/C16H14FN3OS/c1-20(2)12-6-3-10(4-7-12)15(21)19-16-18-13-8-5-11(17)9-14(13)22-16/h3-9H,1-2H3,(H,18,19,21). The largest absolute Gasteiger partial charge is 0.378 e. The predicted molar refractivity (Wildman–Crippen MR) is 88.3 cm³/mol. The Morgan fingerprint density at radius 2 is 1.91 bits per heavy atom. The fraction of sp³-hybridized carbons (Fsp3) is 0.125. The van der Waals surface area contributed by atoms with Gasteiger partial charge in [-0.3, -0.25) is 10.1 Å². The van der Waals surface area contributed by atoms with E-state index < -0.39 is 0 Å². The normalized spacial score (nSPS) is 10.7. The molecule has 0 aliphatic rings. The van der Waals surface area contributed by atoms with Gasteiger partial charge in [0.15, 0.2) is 5.13 Å². The monoisotopic (exact) mass is 315 g/mol. The van der Waals surface area contributed by atoms with Gasteiger partial charge in [-0.05, 0) is 42.5 Å². The Balaban J connectivity index is 1.80. The molecule has 0 bridgehead atoms. The summed E-state index contributed by atoms with van der Waals surface area (Å²) in [6.45, 7) is 0. The summed E-state index contributed by atoms with van der Waals surface area (Å²) in [4.78, 5) is 18.4. The van der Waals surface area contributed by atoms with Crippen molar-refractivity contribution >= 4 is 38.3 Å². The van der Waals surface area contributed by atoms with E-state index in [0.29, 0.717) is 20.9 Å². The average molecular weight is 315 g/mol. The molecule has 0 atom stereocenters. The molecular formula is C16H14FN3OS. The molecule has 2 aromatic carbocycles. The number of thiazole rings is 1. The van der Waals surface area contributed by atoms with Crippen molar-refractivity contribution in [2.24, 2.45) is 0 Å². The third kappa shape index (κ3) is 2.92. The summed E-state index contributed by atoms with van der Waals surface area (Å²) in [5, 5.41) is 3.21. The van der Waals surface area contributed by atoms with Crippen LogP contribution in [0.1, 0.15) is 10.4 Å². The van der Waals surface area contributed by atoms with Gasteiger partial charge in [-0.25, -0.2) is 9.37 Å². The Hall–Kier alpha value is -2.47. The van der Waals surface area contributed by atoms with Gasteiger partial charge in [-0.1, -0.05) is 11.3 Å².